The zero-order chi connectivity index (χ0) is 7.78. The molecule has 1 atom stereocenters. The minimum atomic E-state index is -4.48. The molecule has 0 saturated carbocycles. The zero-order valence-corrected chi connectivity index (χ0v) is 5.33. The van der Waals surface area contributed by atoms with Crippen molar-refractivity contribution in [2.24, 2.45) is 4.99 Å². The van der Waals surface area contributed by atoms with Crippen LogP contribution in [0.2, 0.25) is 0 Å². The van der Waals surface area contributed by atoms with E-state index in [0.29, 0.717) is 0 Å². The Morgan fingerprint density at radius 3 is 2.50 bits per heavy atom. The Balaban J connectivity index is 2.90. The lowest BCUT2D eigenvalue weighted by atomic mass is 10.7. The van der Waals surface area contributed by atoms with Gasteiger partial charge in [-0.1, -0.05) is 0 Å². The number of rotatable bonds is 1. The van der Waals surface area contributed by atoms with Gasteiger partial charge in [-0.15, -0.1) is 0 Å². The van der Waals surface area contributed by atoms with Crippen LogP contribution in [-0.2, 0) is 19.6 Å². The molecular formula is C3H2NO5S-. The van der Waals surface area contributed by atoms with Crippen LogP contribution in [0.4, 0.5) is 0 Å². The van der Waals surface area contributed by atoms with Gasteiger partial charge >= 0.3 is 0 Å². The first-order valence-electron chi connectivity index (χ1n) is 2.13. The van der Waals surface area contributed by atoms with Gasteiger partial charge in [0.2, 0.25) is 5.44 Å². The Bertz CT molecular complexity index is 277. The minimum absolute atomic E-state index is 1.07. The Labute approximate surface area is 56.3 Å². The van der Waals surface area contributed by atoms with Crippen molar-refractivity contribution in [1.82, 2.24) is 0 Å². The SMILES string of the molecule is O=C1N=[C-]OC1S(=O)(=O)O. The third-order valence-corrected chi connectivity index (χ3v) is 1.63. The predicted octanol–water partition coefficient (Wildman–Crippen LogP) is -1.34. The van der Waals surface area contributed by atoms with Gasteiger partial charge in [-0.25, -0.2) is 0 Å². The lowest BCUT2D eigenvalue weighted by Gasteiger charge is -2.08. The van der Waals surface area contributed by atoms with Gasteiger partial charge in [-0.3, -0.25) is 4.55 Å². The molecule has 1 heterocycles. The van der Waals surface area contributed by atoms with E-state index in [2.05, 4.69) is 9.73 Å². The summed E-state index contributed by atoms with van der Waals surface area (Å²) in [6, 6.07) is 0. The lowest BCUT2D eigenvalue weighted by molar-refractivity contribution is -0.119. The summed E-state index contributed by atoms with van der Waals surface area (Å²) in [6.45, 7) is 0. The molecule has 10 heavy (non-hydrogen) atoms. The highest BCUT2D eigenvalue weighted by molar-refractivity contribution is 7.87. The van der Waals surface area contributed by atoms with Crippen LogP contribution in [0.25, 0.3) is 0 Å². The van der Waals surface area contributed by atoms with Crippen molar-refractivity contribution >= 4 is 22.4 Å². The van der Waals surface area contributed by atoms with Gasteiger partial charge in [0, 0.05) is 6.40 Å². The first-order valence-corrected chi connectivity index (χ1v) is 3.63. The van der Waals surface area contributed by atoms with Crippen molar-refractivity contribution in [3.63, 3.8) is 0 Å². The summed E-state index contributed by atoms with van der Waals surface area (Å²) in [5, 5.41) is 0. The van der Waals surface area contributed by atoms with Crippen LogP contribution in [0.3, 0.4) is 0 Å². The maximum atomic E-state index is 10.3. The molecule has 1 amide bonds. The van der Waals surface area contributed by atoms with Crippen LogP contribution in [0, 0.1) is 0 Å². The fraction of sp³-hybridized carbons (Fsp3) is 0.333. The van der Waals surface area contributed by atoms with Crippen LogP contribution in [0.1, 0.15) is 0 Å². The normalized spacial score (nSPS) is 24.9. The number of aliphatic imine (C=N–C) groups is 1. The van der Waals surface area contributed by atoms with Crippen LogP contribution in [-0.4, -0.2) is 30.7 Å². The molecule has 0 aromatic rings. The molecule has 1 unspecified atom stereocenters. The van der Waals surface area contributed by atoms with Crippen LogP contribution in [0.15, 0.2) is 4.99 Å². The molecule has 0 fully saturated rings. The summed E-state index contributed by atoms with van der Waals surface area (Å²) >= 11 is 0. The summed E-state index contributed by atoms with van der Waals surface area (Å²) in [7, 11) is -4.48. The Hall–Kier alpha value is -0.950. The minimum Gasteiger partial charge on any atom is -0.563 e. The van der Waals surface area contributed by atoms with E-state index in [4.69, 9.17) is 4.55 Å². The molecule has 0 radical (unpaired) electrons. The first kappa shape index (κ1) is 7.16. The summed E-state index contributed by atoms with van der Waals surface area (Å²) in [5.74, 6) is -1.07. The number of hydrogen-bond acceptors (Lipinski definition) is 4. The molecule has 56 valence electrons. The average Bonchev–Trinajstić information content (AvgIpc) is 2.11. The van der Waals surface area contributed by atoms with E-state index in [9.17, 15) is 13.2 Å². The van der Waals surface area contributed by atoms with Crippen molar-refractivity contribution in [3.05, 3.63) is 0 Å². The molecule has 6 nitrogen and oxygen atoms in total. The van der Waals surface area contributed by atoms with Gasteiger partial charge in [-0.2, -0.15) is 8.42 Å². The number of hydrogen-bond donors (Lipinski definition) is 1. The number of carbonyl (C=O) groups excluding carboxylic acids is 1. The van der Waals surface area contributed by atoms with Gasteiger partial charge in [0.1, 0.15) is 5.91 Å². The molecular weight excluding hydrogens is 162 g/mol. The summed E-state index contributed by atoms with van der Waals surface area (Å²) < 4.78 is 32.5. The highest BCUT2D eigenvalue weighted by atomic mass is 32.2. The molecule has 1 aliphatic heterocycles. The predicted molar refractivity (Wildman–Crippen MR) is 28.9 cm³/mol. The molecule has 0 aromatic heterocycles. The number of ether oxygens (including phenoxy) is 1. The van der Waals surface area contributed by atoms with Crippen molar-refractivity contribution in [2.75, 3.05) is 0 Å². The largest absolute Gasteiger partial charge is 0.563 e. The van der Waals surface area contributed by atoms with Crippen LogP contribution in [0.5, 0.6) is 0 Å². The van der Waals surface area contributed by atoms with Gasteiger partial charge in [0.05, 0.1) is 0 Å². The molecule has 1 aliphatic rings. The second kappa shape index (κ2) is 2.03. The molecule has 1 rings (SSSR count). The molecule has 0 saturated heterocycles. The summed E-state index contributed by atoms with van der Waals surface area (Å²) in [5.41, 5.74) is -1.91. The van der Waals surface area contributed by atoms with E-state index in [1.807, 2.05) is 0 Å². The maximum absolute atomic E-state index is 10.3. The van der Waals surface area contributed by atoms with Crippen LogP contribution < -0.4 is 0 Å². The number of amides is 1. The van der Waals surface area contributed by atoms with E-state index in [-0.39, 0.29) is 0 Å². The van der Waals surface area contributed by atoms with Gasteiger partial charge in [0.25, 0.3) is 10.1 Å². The second-order valence-electron chi connectivity index (χ2n) is 1.51. The van der Waals surface area contributed by atoms with Crippen molar-refractivity contribution < 1.29 is 22.5 Å². The maximum Gasteiger partial charge on any atom is 0.293 e. The second-order valence-corrected chi connectivity index (χ2v) is 2.96. The number of nitrogens with zero attached hydrogens (tertiary/aromatic N) is 1. The van der Waals surface area contributed by atoms with Gasteiger partial charge in [-0.05, 0) is 0 Å². The smallest absolute Gasteiger partial charge is 0.293 e. The highest BCUT2D eigenvalue weighted by Crippen LogP contribution is 2.06. The zero-order valence-electron chi connectivity index (χ0n) is 4.51. The van der Waals surface area contributed by atoms with E-state index in [1.54, 1.807) is 6.40 Å². The number of carbonyl (C=O) groups is 1. The lowest BCUT2D eigenvalue weighted by Crippen LogP contribution is -2.26. The van der Waals surface area contributed by atoms with Crippen molar-refractivity contribution in [1.29, 1.82) is 0 Å². The van der Waals surface area contributed by atoms with E-state index >= 15 is 0 Å². The molecule has 7 heteroatoms. The highest BCUT2D eigenvalue weighted by Gasteiger charge is 2.26. The Morgan fingerprint density at radius 1 is 1.70 bits per heavy atom. The van der Waals surface area contributed by atoms with Crippen molar-refractivity contribution in [2.45, 2.75) is 5.44 Å². The van der Waals surface area contributed by atoms with E-state index < -0.39 is 21.5 Å². The fourth-order valence-electron chi connectivity index (χ4n) is 0.411. The topological polar surface area (TPSA) is 93.0 Å². The Morgan fingerprint density at radius 2 is 2.30 bits per heavy atom. The quantitative estimate of drug-likeness (QED) is 0.382. The average molecular weight is 164 g/mol. The summed E-state index contributed by atoms with van der Waals surface area (Å²) in [4.78, 5) is 13.2. The third kappa shape index (κ3) is 1.14. The molecule has 0 spiro atoms. The van der Waals surface area contributed by atoms with E-state index in [0.717, 1.165) is 0 Å². The van der Waals surface area contributed by atoms with Gasteiger partial charge < -0.3 is 14.5 Å². The molecule has 0 bridgehead atoms. The fourth-order valence-corrected chi connectivity index (χ4v) is 0.883. The molecule has 0 aliphatic carbocycles. The summed E-state index contributed by atoms with van der Waals surface area (Å²) in [6.07, 6.45) is 1.66. The van der Waals surface area contributed by atoms with Gasteiger partial charge in [0.15, 0.2) is 0 Å². The van der Waals surface area contributed by atoms with Crippen molar-refractivity contribution in [3.8, 4) is 0 Å². The molecule has 0 aromatic carbocycles. The molecule has 1 N–H and O–H groups in total. The monoisotopic (exact) mass is 164 g/mol. The van der Waals surface area contributed by atoms with Crippen LogP contribution >= 0.6 is 0 Å². The Kier molecular flexibility index (Phi) is 1.45. The first-order chi connectivity index (χ1) is 4.52. The standard InChI is InChI=1S/C3H2NO5S/c5-2-3(9-1-4-2)10(6,7)8/h3H,(H,6,7,8)/q-1. The third-order valence-electron chi connectivity index (χ3n) is 0.788. The van der Waals surface area contributed by atoms with E-state index in [1.165, 1.54) is 0 Å².